The Morgan fingerprint density at radius 1 is 1.15 bits per heavy atom. The van der Waals surface area contributed by atoms with Gasteiger partial charge in [0.2, 0.25) is 5.79 Å². The number of aromatic nitrogens is 3. The fraction of sp³-hybridized carbons (Fsp3) is 0.471. The zero-order valence-electron chi connectivity index (χ0n) is 24.9. The number of hydrogen-bond acceptors (Lipinski definition) is 6. The maximum Gasteiger partial charge on any atom is 0.209 e. The Kier molecular flexibility index (Phi) is 9.19. The average Bonchev–Trinajstić information content (AvgIpc) is 3.40. The summed E-state index contributed by atoms with van der Waals surface area (Å²) in [6.07, 6.45) is 15.8. The van der Waals surface area contributed by atoms with E-state index in [1.165, 1.54) is 16.7 Å². The first kappa shape index (κ1) is 29.4. The van der Waals surface area contributed by atoms with Crippen LogP contribution in [0.4, 0.5) is 0 Å². The number of ether oxygens (including phenoxy) is 3. The number of rotatable bonds is 9. The number of aliphatic hydroxyl groups excluding tert-OH is 1. The first-order valence-corrected chi connectivity index (χ1v) is 14.7. The van der Waals surface area contributed by atoms with Crippen LogP contribution in [-0.2, 0) is 20.8 Å². The molecule has 0 amide bonds. The molecule has 2 aliphatic heterocycles. The van der Waals surface area contributed by atoms with Crippen molar-refractivity contribution in [1.82, 2.24) is 15.0 Å². The van der Waals surface area contributed by atoms with Gasteiger partial charge in [-0.3, -0.25) is 0 Å². The Morgan fingerprint density at radius 3 is 2.71 bits per heavy atom. The van der Waals surface area contributed by atoms with E-state index in [0.717, 1.165) is 48.2 Å². The second-order valence-corrected chi connectivity index (χ2v) is 11.9. The lowest BCUT2D eigenvalue weighted by atomic mass is 9.78. The smallest absolute Gasteiger partial charge is 0.209 e. The number of fused-ring (bicyclic) bond motifs is 1. The minimum absolute atomic E-state index is 0.0124. The first-order valence-electron chi connectivity index (χ1n) is 14.7. The van der Waals surface area contributed by atoms with Crippen molar-refractivity contribution in [3.63, 3.8) is 0 Å². The number of nitrogens with zero attached hydrogens (tertiary/aromatic N) is 3. The summed E-state index contributed by atoms with van der Waals surface area (Å²) in [5.41, 5.74) is 7.65. The van der Waals surface area contributed by atoms with Crippen molar-refractivity contribution in [2.45, 2.75) is 91.0 Å². The molecule has 7 heteroatoms. The zero-order valence-corrected chi connectivity index (χ0v) is 24.9. The van der Waals surface area contributed by atoms with Gasteiger partial charge in [0.1, 0.15) is 5.69 Å². The molecule has 7 nitrogen and oxygen atoms in total. The minimum Gasteiger partial charge on any atom is -0.392 e. The number of hydrogen-bond donors (Lipinski definition) is 1. The topological polar surface area (TPSA) is 78.6 Å². The lowest BCUT2D eigenvalue weighted by Gasteiger charge is -2.46. The molecule has 0 bridgehead atoms. The SMILES string of the molecule is CC(C)=CCC/C(C)=C/[C@@H]1CC(C)=C[C@]2(C=C(CO)[C@H]3CC(OCc4cn(-c5ccccc5)nn4)C(C)=C[C@H]3O2)O1. The molecule has 1 N–H and O–H groups in total. The Bertz CT molecular complexity index is 1370. The highest BCUT2D eigenvalue weighted by atomic mass is 16.7. The lowest BCUT2D eigenvalue weighted by molar-refractivity contribution is -0.227. The quantitative estimate of drug-likeness (QED) is 0.352. The lowest BCUT2D eigenvalue weighted by Crippen LogP contribution is -2.49. The van der Waals surface area contributed by atoms with E-state index in [1.54, 1.807) is 4.68 Å². The molecule has 41 heavy (non-hydrogen) atoms. The summed E-state index contributed by atoms with van der Waals surface area (Å²) in [7, 11) is 0. The summed E-state index contributed by atoms with van der Waals surface area (Å²) in [6.45, 7) is 11.0. The van der Waals surface area contributed by atoms with E-state index < -0.39 is 5.79 Å². The molecule has 5 atom stereocenters. The molecule has 3 aliphatic rings. The summed E-state index contributed by atoms with van der Waals surface area (Å²) >= 11 is 0. The largest absolute Gasteiger partial charge is 0.392 e. The van der Waals surface area contributed by atoms with Gasteiger partial charge < -0.3 is 19.3 Å². The number of para-hydroxylation sites is 1. The van der Waals surface area contributed by atoms with Crippen LogP contribution in [0.2, 0.25) is 0 Å². The third-order valence-corrected chi connectivity index (χ3v) is 8.03. The van der Waals surface area contributed by atoms with Gasteiger partial charge in [-0.05, 0) is 95.7 Å². The van der Waals surface area contributed by atoms with Crippen LogP contribution < -0.4 is 0 Å². The molecule has 5 rings (SSSR count). The fourth-order valence-electron chi connectivity index (χ4n) is 6.00. The predicted octanol–water partition coefficient (Wildman–Crippen LogP) is 6.56. The Hall–Kier alpha value is -3.10. The van der Waals surface area contributed by atoms with Crippen LogP contribution >= 0.6 is 0 Å². The van der Waals surface area contributed by atoms with Crippen LogP contribution in [0.1, 0.15) is 66.0 Å². The van der Waals surface area contributed by atoms with E-state index >= 15 is 0 Å². The van der Waals surface area contributed by atoms with Gasteiger partial charge in [0.05, 0.1) is 43.4 Å². The van der Waals surface area contributed by atoms with Crippen LogP contribution in [0.5, 0.6) is 0 Å². The van der Waals surface area contributed by atoms with Crippen LogP contribution in [0.3, 0.4) is 0 Å². The zero-order chi connectivity index (χ0) is 29.0. The number of benzene rings is 1. The van der Waals surface area contributed by atoms with Gasteiger partial charge in [-0.2, -0.15) is 0 Å². The highest BCUT2D eigenvalue weighted by Gasteiger charge is 2.45. The molecule has 1 spiro atoms. The van der Waals surface area contributed by atoms with Gasteiger partial charge in [0.25, 0.3) is 0 Å². The molecule has 1 aromatic heterocycles. The van der Waals surface area contributed by atoms with E-state index in [2.05, 4.69) is 69.2 Å². The molecule has 1 aliphatic carbocycles. The Morgan fingerprint density at radius 2 is 1.95 bits per heavy atom. The standard InChI is InChI=1S/C34H43N3O4/c1-23(2)10-9-11-24(3)14-30-15-25(4)18-34(40-30)19-27(21-38)31-17-32(26(5)16-33(31)41-34)39-22-28-20-37(36-35-28)29-12-7-6-8-13-29/h6-8,10,12-14,16,18-20,30-33,38H,9,11,15,17,21-22H2,1-5H3/b24-14+/t30-,31-,32?,33-,34+/m1/s1. The molecule has 3 heterocycles. The maximum atomic E-state index is 10.4. The minimum atomic E-state index is -0.983. The molecule has 1 unspecified atom stereocenters. The Balaban J connectivity index is 1.27. The van der Waals surface area contributed by atoms with Crippen molar-refractivity contribution in [3.05, 3.63) is 100 Å². The molecule has 218 valence electrons. The van der Waals surface area contributed by atoms with E-state index in [9.17, 15) is 5.11 Å². The molecular weight excluding hydrogens is 514 g/mol. The van der Waals surface area contributed by atoms with Gasteiger partial charge >= 0.3 is 0 Å². The average molecular weight is 558 g/mol. The third kappa shape index (κ3) is 7.22. The highest BCUT2D eigenvalue weighted by Crippen LogP contribution is 2.43. The second kappa shape index (κ2) is 12.8. The summed E-state index contributed by atoms with van der Waals surface area (Å²) in [5.74, 6) is -0.970. The van der Waals surface area contributed by atoms with Crippen molar-refractivity contribution in [1.29, 1.82) is 0 Å². The Labute approximate surface area is 243 Å². The van der Waals surface area contributed by atoms with Gasteiger partial charge in [-0.15, -0.1) is 5.10 Å². The number of aliphatic hydroxyl groups is 1. The van der Waals surface area contributed by atoms with Crippen LogP contribution in [0.15, 0.2) is 94.8 Å². The second-order valence-electron chi connectivity index (χ2n) is 11.9. The first-order chi connectivity index (χ1) is 19.7. The van der Waals surface area contributed by atoms with E-state index in [1.807, 2.05) is 42.6 Å². The van der Waals surface area contributed by atoms with Crippen molar-refractivity contribution in [2.75, 3.05) is 6.61 Å². The summed E-state index contributed by atoms with van der Waals surface area (Å²) in [5, 5.41) is 19.0. The summed E-state index contributed by atoms with van der Waals surface area (Å²) in [4.78, 5) is 0. The normalized spacial score (nSPS) is 28.0. The van der Waals surface area contributed by atoms with Gasteiger partial charge in [-0.25, -0.2) is 4.68 Å². The van der Waals surface area contributed by atoms with Crippen LogP contribution in [0.25, 0.3) is 5.69 Å². The molecule has 0 fully saturated rings. The molecule has 1 aromatic carbocycles. The molecule has 0 saturated heterocycles. The van der Waals surface area contributed by atoms with Crippen molar-refractivity contribution >= 4 is 0 Å². The van der Waals surface area contributed by atoms with Gasteiger partial charge in [-0.1, -0.05) is 58.4 Å². The van der Waals surface area contributed by atoms with E-state index in [-0.39, 0.29) is 30.8 Å². The molecule has 2 aromatic rings. The predicted molar refractivity (Wildman–Crippen MR) is 160 cm³/mol. The van der Waals surface area contributed by atoms with Crippen LogP contribution in [-0.4, -0.2) is 50.8 Å². The van der Waals surface area contributed by atoms with Crippen molar-refractivity contribution in [2.24, 2.45) is 5.92 Å². The molecular formula is C34H43N3O4. The highest BCUT2D eigenvalue weighted by molar-refractivity contribution is 5.33. The molecule has 0 saturated carbocycles. The van der Waals surface area contributed by atoms with Gasteiger partial charge in [0.15, 0.2) is 0 Å². The third-order valence-electron chi connectivity index (χ3n) is 8.03. The molecule has 0 radical (unpaired) electrons. The fourth-order valence-corrected chi connectivity index (χ4v) is 6.00. The van der Waals surface area contributed by atoms with Crippen molar-refractivity contribution < 1.29 is 19.3 Å². The monoisotopic (exact) mass is 557 g/mol. The van der Waals surface area contributed by atoms with E-state index in [0.29, 0.717) is 6.61 Å². The van der Waals surface area contributed by atoms with Crippen molar-refractivity contribution in [3.8, 4) is 5.69 Å². The van der Waals surface area contributed by atoms with E-state index in [4.69, 9.17) is 14.2 Å². The maximum absolute atomic E-state index is 10.4. The summed E-state index contributed by atoms with van der Waals surface area (Å²) < 4.78 is 21.4. The van der Waals surface area contributed by atoms with Gasteiger partial charge in [0, 0.05) is 5.92 Å². The number of allylic oxidation sites excluding steroid dienone is 3. The van der Waals surface area contributed by atoms with Crippen LogP contribution in [0, 0.1) is 5.92 Å². The summed E-state index contributed by atoms with van der Waals surface area (Å²) in [6, 6.07) is 9.91.